The Hall–Kier alpha value is -0.630. The van der Waals surface area contributed by atoms with Crippen molar-refractivity contribution in [3.05, 3.63) is 0 Å². The van der Waals surface area contributed by atoms with E-state index in [9.17, 15) is 4.79 Å². The summed E-state index contributed by atoms with van der Waals surface area (Å²) in [7, 11) is 0. The number of nitrogens with two attached hydrogens (primary N) is 1. The van der Waals surface area contributed by atoms with Gasteiger partial charge in [-0.25, -0.2) is 5.01 Å². The highest BCUT2D eigenvalue weighted by Crippen LogP contribution is 2.26. The van der Waals surface area contributed by atoms with Crippen LogP contribution in [0.2, 0.25) is 0 Å². The van der Waals surface area contributed by atoms with Crippen molar-refractivity contribution in [1.29, 1.82) is 5.26 Å². The van der Waals surface area contributed by atoms with Crippen LogP contribution in [-0.2, 0) is 4.79 Å². The average molecular weight is 190 g/mol. The van der Waals surface area contributed by atoms with E-state index in [1.54, 1.807) is 0 Å². The van der Waals surface area contributed by atoms with E-state index in [1.807, 2.05) is 6.07 Å². The fraction of sp³-hybridized carbons (Fsp3) is 0.714. The Kier molecular flexibility index (Phi) is 3.65. The molecule has 4 nitrogen and oxygen atoms in total. The van der Waals surface area contributed by atoms with Gasteiger partial charge in [0.2, 0.25) is 0 Å². The lowest BCUT2D eigenvalue weighted by Crippen LogP contribution is -2.52. The van der Waals surface area contributed by atoms with Crippen LogP contribution in [0.25, 0.3) is 0 Å². The van der Waals surface area contributed by atoms with Gasteiger partial charge < -0.3 is 0 Å². The number of ketones is 1. The number of hydrogen-bond acceptors (Lipinski definition) is 4. The zero-order valence-corrected chi connectivity index (χ0v) is 7.73. The second-order valence-corrected chi connectivity index (χ2v) is 2.83. The number of nitrogens with zero attached hydrogens (tertiary/aromatic N) is 2. The van der Waals surface area contributed by atoms with Gasteiger partial charge in [0.15, 0.2) is 11.3 Å². The van der Waals surface area contributed by atoms with E-state index in [0.717, 1.165) is 6.42 Å². The Bertz CT molecular complexity index is 225. The van der Waals surface area contributed by atoms with Crippen molar-refractivity contribution in [2.75, 3.05) is 6.54 Å². The molecular formula is C7H12ClN3O. The number of hydrogen-bond donors (Lipinski definition) is 1. The second kappa shape index (κ2) is 3.85. The molecule has 0 aromatic carbocycles. The van der Waals surface area contributed by atoms with E-state index in [4.69, 9.17) is 11.1 Å². The smallest absolute Gasteiger partial charge is 0.179 e. The minimum atomic E-state index is -1.03. The first-order valence-electron chi connectivity index (χ1n) is 3.58. The van der Waals surface area contributed by atoms with Gasteiger partial charge >= 0.3 is 0 Å². The summed E-state index contributed by atoms with van der Waals surface area (Å²) in [6.45, 7) is 2.04. The molecule has 0 radical (unpaired) electrons. The predicted octanol–water partition coefficient (Wildman–Crippen LogP) is 0.229. The number of rotatable bonds is 1. The lowest BCUT2D eigenvalue weighted by molar-refractivity contribution is -0.124. The Labute approximate surface area is 77.7 Å². The number of halogens is 1. The van der Waals surface area contributed by atoms with Crippen molar-refractivity contribution in [3.63, 3.8) is 0 Å². The monoisotopic (exact) mass is 189 g/mol. The highest BCUT2D eigenvalue weighted by molar-refractivity contribution is 5.89. The summed E-state index contributed by atoms with van der Waals surface area (Å²) in [6.07, 6.45) is 1.39. The first kappa shape index (κ1) is 11.4. The molecule has 1 fully saturated rings. The molecule has 2 N–H and O–H groups in total. The van der Waals surface area contributed by atoms with Gasteiger partial charge in [-0.1, -0.05) is 0 Å². The number of carbonyl (C=O) groups is 1. The van der Waals surface area contributed by atoms with E-state index in [2.05, 4.69) is 0 Å². The Morgan fingerprint density at radius 2 is 2.33 bits per heavy atom. The summed E-state index contributed by atoms with van der Waals surface area (Å²) >= 11 is 0. The van der Waals surface area contributed by atoms with Crippen molar-refractivity contribution in [1.82, 2.24) is 5.01 Å². The quantitative estimate of drug-likeness (QED) is 0.600. The highest BCUT2D eigenvalue weighted by atomic mass is 35.5. The third-order valence-electron chi connectivity index (χ3n) is 2.20. The van der Waals surface area contributed by atoms with Gasteiger partial charge in [0, 0.05) is 6.54 Å². The van der Waals surface area contributed by atoms with Crippen molar-refractivity contribution < 1.29 is 4.79 Å². The van der Waals surface area contributed by atoms with Crippen LogP contribution in [0.15, 0.2) is 0 Å². The van der Waals surface area contributed by atoms with Crippen LogP contribution < -0.4 is 5.84 Å². The number of carbonyl (C=O) groups excluding carboxylic acids is 1. The van der Waals surface area contributed by atoms with E-state index < -0.39 is 5.54 Å². The molecule has 1 aliphatic heterocycles. The number of Topliss-reactive ketones (excluding diaryl/α,β-unsaturated/α-hetero) is 1. The van der Waals surface area contributed by atoms with Crippen LogP contribution in [0.3, 0.4) is 0 Å². The maximum atomic E-state index is 11.1. The van der Waals surface area contributed by atoms with Gasteiger partial charge in [-0.15, -0.1) is 12.4 Å². The summed E-state index contributed by atoms with van der Waals surface area (Å²) in [5.41, 5.74) is -1.03. The van der Waals surface area contributed by atoms with Gasteiger partial charge in [0.25, 0.3) is 0 Å². The molecule has 1 unspecified atom stereocenters. The average Bonchev–Trinajstić information content (AvgIpc) is 2.32. The molecule has 68 valence electrons. The minimum Gasteiger partial charge on any atom is -0.297 e. The summed E-state index contributed by atoms with van der Waals surface area (Å²) in [6, 6.07) is 1.98. The molecule has 1 heterocycles. The van der Waals surface area contributed by atoms with Crippen molar-refractivity contribution in [2.45, 2.75) is 25.3 Å². The molecule has 5 heteroatoms. The molecule has 0 saturated carbocycles. The van der Waals surface area contributed by atoms with Crippen LogP contribution in [0.5, 0.6) is 0 Å². The van der Waals surface area contributed by atoms with Gasteiger partial charge in [-0.2, -0.15) is 5.26 Å². The molecule has 0 aliphatic carbocycles. The molecule has 1 saturated heterocycles. The van der Waals surface area contributed by atoms with E-state index in [-0.39, 0.29) is 18.2 Å². The highest BCUT2D eigenvalue weighted by Gasteiger charge is 2.44. The first-order chi connectivity index (χ1) is 5.13. The first-order valence-corrected chi connectivity index (χ1v) is 3.58. The lowest BCUT2D eigenvalue weighted by atomic mass is 9.95. The van der Waals surface area contributed by atoms with E-state index in [0.29, 0.717) is 13.0 Å². The van der Waals surface area contributed by atoms with Crippen molar-refractivity contribution in [2.24, 2.45) is 5.84 Å². The SMILES string of the molecule is CC(=O)C1(C#N)CCCN1N.Cl. The third kappa shape index (κ3) is 1.44. The zero-order valence-electron chi connectivity index (χ0n) is 6.91. The van der Waals surface area contributed by atoms with Crippen LogP contribution >= 0.6 is 12.4 Å². The normalized spacial score (nSPS) is 29.1. The summed E-state index contributed by atoms with van der Waals surface area (Å²) in [4.78, 5) is 11.1. The van der Waals surface area contributed by atoms with E-state index in [1.165, 1.54) is 11.9 Å². The van der Waals surface area contributed by atoms with Gasteiger partial charge in [-0.3, -0.25) is 10.6 Å². The maximum Gasteiger partial charge on any atom is 0.179 e. The van der Waals surface area contributed by atoms with Crippen LogP contribution in [0.1, 0.15) is 19.8 Å². The Morgan fingerprint density at radius 1 is 1.75 bits per heavy atom. The molecule has 0 aromatic rings. The topological polar surface area (TPSA) is 70.1 Å². The van der Waals surface area contributed by atoms with Gasteiger partial charge in [-0.05, 0) is 19.8 Å². The molecular weight excluding hydrogens is 178 g/mol. The lowest BCUT2D eigenvalue weighted by Gasteiger charge is -2.24. The predicted molar refractivity (Wildman–Crippen MR) is 46.4 cm³/mol. The van der Waals surface area contributed by atoms with Crippen LogP contribution in [0, 0.1) is 11.3 Å². The minimum absolute atomic E-state index is 0. The molecule has 0 amide bonds. The third-order valence-corrected chi connectivity index (χ3v) is 2.20. The zero-order chi connectivity index (χ0) is 8.48. The largest absolute Gasteiger partial charge is 0.297 e. The summed E-state index contributed by atoms with van der Waals surface area (Å²) < 4.78 is 0. The van der Waals surface area contributed by atoms with Crippen molar-refractivity contribution >= 4 is 18.2 Å². The molecule has 12 heavy (non-hydrogen) atoms. The van der Waals surface area contributed by atoms with Crippen LogP contribution in [0.4, 0.5) is 0 Å². The fourth-order valence-electron chi connectivity index (χ4n) is 1.42. The number of hydrazine groups is 1. The Morgan fingerprint density at radius 3 is 2.50 bits per heavy atom. The molecule has 0 aromatic heterocycles. The van der Waals surface area contributed by atoms with Gasteiger partial charge in [0.1, 0.15) is 0 Å². The molecule has 0 bridgehead atoms. The van der Waals surface area contributed by atoms with Crippen molar-refractivity contribution in [3.8, 4) is 6.07 Å². The molecule has 1 atom stereocenters. The standard InChI is InChI=1S/C7H11N3O.ClH/c1-6(11)7(5-8)3-2-4-10(7)9;/h2-4,9H2,1H3;1H. The van der Waals surface area contributed by atoms with Gasteiger partial charge in [0.05, 0.1) is 6.07 Å². The summed E-state index contributed by atoms with van der Waals surface area (Å²) in [5.74, 6) is 5.36. The number of nitriles is 1. The Balaban J connectivity index is 0.00000121. The second-order valence-electron chi connectivity index (χ2n) is 2.83. The molecule has 1 aliphatic rings. The molecule has 0 spiro atoms. The molecule has 1 rings (SSSR count). The fourth-order valence-corrected chi connectivity index (χ4v) is 1.42. The van der Waals surface area contributed by atoms with E-state index >= 15 is 0 Å². The maximum absolute atomic E-state index is 11.1. The summed E-state index contributed by atoms with van der Waals surface area (Å²) in [5, 5.41) is 10.1. The van der Waals surface area contributed by atoms with Crippen LogP contribution in [-0.4, -0.2) is 22.9 Å².